The van der Waals surface area contributed by atoms with Crippen molar-refractivity contribution in [2.24, 2.45) is 0 Å². The number of methoxy groups -OCH3 is 1. The molecule has 5 nitrogen and oxygen atoms in total. The van der Waals surface area contributed by atoms with Crippen molar-refractivity contribution >= 4 is 34.5 Å². The van der Waals surface area contributed by atoms with Gasteiger partial charge < -0.3 is 4.74 Å². The molecule has 5 rings (SSSR count). The Morgan fingerprint density at radius 1 is 0.844 bits per heavy atom. The maximum atomic E-state index is 12.6. The van der Waals surface area contributed by atoms with E-state index in [2.05, 4.69) is 18.2 Å². The molecule has 0 saturated carbocycles. The van der Waals surface area contributed by atoms with E-state index in [9.17, 15) is 9.59 Å². The zero-order chi connectivity index (χ0) is 22.1. The predicted molar refractivity (Wildman–Crippen MR) is 126 cm³/mol. The first-order valence-electron chi connectivity index (χ1n) is 10.3. The lowest BCUT2D eigenvalue weighted by Crippen LogP contribution is -2.31. The minimum atomic E-state index is -0.229. The summed E-state index contributed by atoms with van der Waals surface area (Å²) in [5.41, 5.74) is 3.98. The average molecular weight is 441 g/mol. The molecule has 2 heterocycles. The monoisotopic (exact) mass is 440 g/mol. The van der Waals surface area contributed by atoms with Crippen molar-refractivity contribution in [3.8, 4) is 16.9 Å². The fraction of sp³-hybridized carbons (Fsp3) is 0.115. The molecule has 0 radical (unpaired) electrons. The number of carbonyl (C=O) groups excluding carboxylic acids is 2. The van der Waals surface area contributed by atoms with Crippen molar-refractivity contribution in [1.29, 1.82) is 0 Å². The lowest BCUT2D eigenvalue weighted by Gasteiger charge is -2.14. The third kappa shape index (κ3) is 3.63. The smallest absolute Gasteiger partial charge is 0.261 e. The number of rotatable bonds is 6. The molecule has 0 N–H and O–H groups in total. The number of amides is 2. The van der Waals surface area contributed by atoms with Crippen molar-refractivity contribution in [3.63, 3.8) is 0 Å². The molecule has 1 aliphatic heterocycles. The van der Waals surface area contributed by atoms with Crippen LogP contribution in [0.3, 0.4) is 0 Å². The highest BCUT2D eigenvalue weighted by Gasteiger charge is 2.34. The van der Waals surface area contributed by atoms with Crippen molar-refractivity contribution < 1.29 is 14.3 Å². The van der Waals surface area contributed by atoms with Crippen molar-refractivity contribution in [2.75, 3.05) is 19.4 Å². The van der Waals surface area contributed by atoms with E-state index in [1.807, 2.05) is 36.4 Å². The second-order valence-corrected chi connectivity index (χ2v) is 8.53. The van der Waals surface area contributed by atoms with E-state index in [1.54, 1.807) is 31.4 Å². The van der Waals surface area contributed by atoms with Crippen LogP contribution >= 0.6 is 11.8 Å². The highest BCUT2D eigenvalue weighted by atomic mass is 32.2. The van der Waals surface area contributed by atoms with Gasteiger partial charge >= 0.3 is 0 Å². The molecular weight excluding hydrogens is 420 g/mol. The summed E-state index contributed by atoms with van der Waals surface area (Å²) >= 11 is 1.53. The zero-order valence-electron chi connectivity index (χ0n) is 17.4. The third-order valence-electron chi connectivity index (χ3n) is 5.52. The van der Waals surface area contributed by atoms with Crippen molar-refractivity contribution in [2.45, 2.75) is 5.03 Å². The first kappa shape index (κ1) is 20.3. The minimum Gasteiger partial charge on any atom is -0.497 e. The molecule has 4 aromatic rings. The van der Waals surface area contributed by atoms with Gasteiger partial charge in [-0.2, -0.15) is 0 Å². The fourth-order valence-electron chi connectivity index (χ4n) is 3.93. The second kappa shape index (κ2) is 8.48. The topological polar surface area (TPSA) is 59.5 Å². The molecule has 3 aromatic carbocycles. The second-order valence-electron chi connectivity index (χ2n) is 7.41. The van der Waals surface area contributed by atoms with E-state index in [0.29, 0.717) is 23.4 Å². The molecular formula is C26H20N2O3S. The number of thioether (sulfide) groups is 1. The summed E-state index contributed by atoms with van der Waals surface area (Å²) in [4.78, 5) is 31.3. The Bertz CT molecular complexity index is 1300. The summed E-state index contributed by atoms with van der Waals surface area (Å²) in [5, 5.41) is 1.88. The first-order valence-corrected chi connectivity index (χ1v) is 11.3. The summed E-state index contributed by atoms with van der Waals surface area (Å²) in [7, 11) is 1.64. The van der Waals surface area contributed by atoms with E-state index in [1.165, 1.54) is 16.7 Å². The van der Waals surface area contributed by atoms with Crippen LogP contribution in [-0.4, -0.2) is 41.1 Å². The zero-order valence-corrected chi connectivity index (χ0v) is 18.3. The molecule has 158 valence electrons. The van der Waals surface area contributed by atoms with Gasteiger partial charge in [0.1, 0.15) is 5.75 Å². The van der Waals surface area contributed by atoms with Gasteiger partial charge in [-0.15, -0.1) is 11.8 Å². The minimum absolute atomic E-state index is 0.229. The van der Waals surface area contributed by atoms with Gasteiger partial charge in [-0.1, -0.05) is 42.5 Å². The number of ether oxygens (including phenoxy) is 1. The maximum Gasteiger partial charge on any atom is 0.261 e. The predicted octanol–water partition coefficient (Wildman–Crippen LogP) is 5.30. The van der Waals surface area contributed by atoms with E-state index >= 15 is 0 Å². The number of hydrogen-bond donors (Lipinski definition) is 0. The van der Waals surface area contributed by atoms with Crippen LogP contribution in [0.2, 0.25) is 0 Å². The molecule has 0 aliphatic carbocycles. The first-order chi connectivity index (χ1) is 15.7. The Labute approximate surface area is 190 Å². The van der Waals surface area contributed by atoms with Gasteiger partial charge in [-0.05, 0) is 41.5 Å². The molecule has 6 heteroatoms. The van der Waals surface area contributed by atoms with E-state index in [-0.39, 0.29) is 11.8 Å². The Hall–Kier alpha value is -3.64. The SMILES string of the molecule is COc1ccc2c(-c3ccccc3)cc(SCCN3C(=O)c4ccccc4C3=O)nc2c1. The lowest BCUT2D eigenvalue weighted by atomic mass is 10.0. The molecule has 32 heavy (non-hydrogen) atoms. The highest BCUT2D eigenvalue weighted by molar-refractivity contribution is 7.99. The van der Waals surface area contributed by atoms with Crippen LogP contribution in [0, 0.1) is 0 Å². The summed E-state index contributed by atoms with van der Waals surface area (Å²) < 4.78 is 5.38. The van der Waals surface area contributed by atoms with E-state index in [0.717, 1.165) is 32.8 Å². The molecule has 2 amide bonds. The van der Waals surface area contributed by atoms with E-state index < -0.39 is 0 Å². The van der Waals surface area contributed by atoms with Gasteiger partial charge in [0.05, 0.1) is 28.8 Å². The quantitative estimate of drug-likeness (QED) is 0.301. The largest absolute Gasteiger partial charge is 0.497 e. The number of fused-ring (bicyclic) bond motifs is 2. The van der Waals surface area contributed by atoms with Crippen molar-refractivity contribution in [3.05, 3.63) is 90.0 Å². The molecule has 0 atom stereocenters. The standard InChI is InChI=1S/C26H20N2O3S/c1-31-18-11-12-19-22(17-7-3-2-4-8-17)16-24(27-23(19)15-18)32-14-13-28-25(29)20-9-5-6-10-21(20)26(28)30/h2-12,15-16H,13-14H2,1H3. The Morgan fingerprint density at radius 2 is 1.53 bits per heavy atom. The number of benzene rings is 3. The van der Waals surface area contributed by atoms with E-state index in [4.69, 9.17) is 9.72 Å². The van der Waals surface area contributed by atoms with Gasteiger partial charge in [0, 0.05) is 23.8 Å². The Balaban J connectivity index is 1.41. The van der Waals surface area contributed by atoms with Gasteiger partial charge in [-0.3, -0.25) is 14.5 Å². The number of pyridine rings is 1. The fourth-order valence-corrected chi connectivity index (χ4v) is 4.77. The highest BCUT2D eigenvalue weighted by Crippen LogP contribution is 2.33. The number of imide groups is 1. The molecule has 1 aliphatic rings. The van der Waals surface area contributed by atoms with Crippen LogP contribution in [0.15, 0.2) is 83.9 Å². The van der Waals surface area contributed by atoms with Crippen LogP contribution in [0.1, 0.15) is 20.7 Å². The van der Waals surface area contributed by atoms with Gasteiger partial charge in [0.15, 0.2) is 0 Å². The summed E-state index contributed by atoms with van der Waals surface area (Å²) in [6.45, 7) is 0.329. The molecule has 0 fully saturated rings. The number of hydrogen-bond acceptors (Lipinski definition) is 5. The van der Waals surface area contributed by atoms with Gasteiger partial charge in [0.2, 0.25) is 0 Å². The number of carbonyl (C=O) groups is 2. The number of nitrogens with zero attached hydrogens (tertiary/aromatic N) is 2. The summed E-state index contributed by atoms with van der Waals surface area (Å²) in [5.74, 6) is 0.847. The van der Waals surface area contributed by atoms with Crippen LogP contribution < -0.4 is 4.74 Å². The normalized spacial score (nSPS) is 13.0. The summed E-state index contributed by atoms with van der Waals surface area (Å²) in [6.07, 6.45) is 0. The molecule has 0 bridgehead atoms. The third-order valence-corrected chi connectivity index (χ3v) is 6.41. The van der Waals surface area contributed by atoms with Crippen LogP contribution in [0.25, 0.3) is 22.0 Å². The van der Waals surface area contributed by atoms with Crippen LogP contribution in [0.5, 0.6) is 5.75 Å². The maximum absolute atomic E-state index is 12.6. The summed E-state index contributed by atoms with van der Waals surface area (Å²) in [6, 6.07) is 25.1. The molecule has 0 saturated heterocycles. The van der Waals surface area contributed by atoms with Gasteiger partial charge in [0.25, 0.3) is 11.8 Å². The molecule has 1 aromatic heterocycles. The average Bonchev–Trinajstić information content (AvgIpc) is 3.08. The lowest BCUT2D eigenvalue weighted by molar-refractivity contribution is 0.0664. The number of aromatic nitrogens is 1. The van der Waals surface area contributed by atoms with Gasteiger partial charge in [-0.25, -0.2) is 4.98 Å². The molecule has 0 unspecified atom stereocenters. The Morgan fingerprint density at radius 3 is 2.22 bits per heavy atom. The van der Waals surface area contributed by atoms with Crippen LogP contribution in [0.4, 0.5) is 0 Å². The van der Waals surface area contributed by atoms with Crippen molar-refractivity contribution in [1.82, 2.24) is 9.88 Å². The molecule has 0 spiro atoms. The van der Waals surface area contributed by atoms with Crippen LogP contribution in [-0.2, 0) is 0 Å². The Kier molecular flexibility index (Phi) is 5.37.